The Labute approximate surface area is 161 Å². The SMILES string of the molecule is Cc1ccc(C2(CN3CCCC3)CCN(C(=O)c3occc3C)CC2)nc1. The van der Waals surface area contributed by atoms with Crippen LogP contribution in [0.25, 0.3) is 0 Å². The van der Waals surface area contributed by atoms with E-state index in [0.717, 1.165) is 38.0 Å². The second-order valence-corrected chi connectivity index (χ2v) is 8.21. The van der Waals surface area contributed by atoms with Gasteiger partial charge in [0, 0.05) is 42.5 Å². The molecule has 1 amide bonds. The number of carbonyl (C=O) groups excluding carboxylic acids is 1. The van der Waals surface area contributed by atoms with E-state index in [9.17, 15) is 4.79 Å². The summed E-state index contributed by atoms with van der Waals surface area (Å²) in [5, 5.41) is 0. The van der Waals surface area contributed by atoms with Crippen LogP contribution in [-0.4, -0.2) is 53.4 Å². The molecule has 144 valence electrons. The topological polar surface area (TPSA) is 49.6 Å². The average Bonchev–Trinajstić information content (AvgIpc) is 3.34. The molecule has 0 aromatic carbocycles. The summed E-state index contributed by atoms with van der Waals surface area (Å²) >= 11 is 0. The molecule has 0 atom stereocenters. The van der Waals surface area contributed by atoms with E-state index in [1.165, 1.54) is 37.2 Å². The molecule has 2 aliphatic rings. The van der Waals surface area contributed by atoms with E-state index in [1.54, 1.807) is 6.26 Å². The minimum absolute atomic E-state index is 0.0177. The molecule has 0 saturated carbocycles. The van der Waals surface area contributed by atoms with Crippen LogP contribution in [0.1, 0.15) is 53.1 Å². The number of piperidine rings is 1. The molecule has 0 aliphatic carbocycles. The van der Waals surface area contributed by atoms with Crippen molar-refractivity contribution in [3.05, 3.63) is 53.2 Å². The van der Waals surface area contributed by atoms with Gasteiger partial charge in [0.05, 0.1) is 6.26 Å². The number of amides is 1. The van der Waals surface area contributed by atoms with Gasteiger partial charge >= 0.3 is 0 Å². The lowest BCUT2D eigenvalue weighted by atomic mass is 9.74. The third kappa shape index (κ3) is 3.65. The summed E-state index contributed by atoms with van der Waals surface area (Å²) in [5.41, 5.74) is 3.32. The number of furan rings is 1. The summed E-state index contributed by atoms with van der Waals surface area (Å²) in [6, 6.07) is 6.21. The molecule has 0 radical (unpaired) electrons. The first-order chi connectivity index (χ1) is 13.1. The summed E-state index contributed by atoms with van der Waals surface area (Å²) in [7, 11) is 0. The molecule has 2 aromatic rings. The fraction of sp³-hybridized carbons (Fsp3) is 0.545. The molecule has 2 aromatic heterocycles. The maximum absolute atomic E-state index is 12.8. The largest absolute Gasteiger partial charge is 0.459 e. The fourth-order valence-electron chi connectivity index (χ4n) is 4.52. The Kier molecular flexibility index (Phi) is 5.04. The van der Waals surface area contributed by atoms with E-state index < -0.39 is 0 Å². The van der Waals surface area contributed by atoms with Crippen molar-refractivity contribution in [1.29, 1.82) is 0 Å². The molecule has 0 bridgehead atoms. The summed E-state index contributed by atoms with van der Waals surface area (Å²) < 4.78 is 5.42. The lowest BCUT2D eigenvalue weighted by Gasteiger charge is -2.43. The number of aromatic nitrogens is 1. The zero-order valence-electron chi connectivity index (χ0n) is 16.4. The van der Waals surface area contributed by atoms with Gasteiger partial charge in [-0.15, -0.1) is 0 Å². The van der Waals surface area contributed by atoms with Crippen LogP contribution in [-0.2, 0) is 5.41 Å². The van der Waals surface area contributed by atoms with Gasteiger partial charge in [0.25, 0.3) is 5.91 Å². The molecular formula is C22H29N3O2. The van der Waals surface area contributed by atoms with Gasteiger partial charge in [0.15, 0.2) is 5.76 Å². The monoisotopic (exact) mass is 367 g/mol. The smallest absolute Gasteiger partial charge is 0.289 e. The molecule has 0 unspecified atom stereocenters. The first-order valence-corrected chi connectivity index (χ1v) is 10.1. The lowest BCUT2D eigenvalue weighted by molar-refractivity contribution is 0.0598. The van der Waals surface area contributed by atoms with E-state index in [4.69, 9.17) is 9.40 Å². The van der Waals surface area contributed by atoms with Crippen molar-refractivity contribution < 1.29 is 9.21 Å². The first-order valence-electron chi connectivity index (χ1n) is 10.1. The van der Waals surface area contributed by atoms with Gasteiger partial charge < -0.3 is 14.2 Å². The minimum Gasteiger partial charge on any atom is -0.459 e. The van der Waals surface area contributed by atoms with E-state index >= 15 is 0 Å². The summed E-state index contributed by atoms with van der Waals surface area (Å²) in [6.45, 7) is 8.92. The Morgan fingerprint density at radius 1 is 1.11 bits per heavy atom. The number of hydrogen-bond acceptors (Lipinski definition) is 4. The molecule has 2 aliphatic heterocycles. The van der Waals surface area contributed by atoms with E-state index in [1.807, 2.05) is 24.1 Å². The average molecular weight is 367 g/mol. The highest BCUT2D eigenvalue weighted by atomic mass is 16.3. The second-order valence-electron chi connectivity index (χ2n) is 8.21. The molecule has 5 nitrogen and oxygen atoms in total. The van der Waals surface area contributed by atoms with Gasteiger partial charge in [0.2, 0.25) is 0 Å². The molecule has 2 saturated heterocycles. The molecular weight excluding hydrogens is 338 g/mol. The van der Waals surface area contributed by atoms with Crippen molar-refractivity contribution in [2.75, 3.05) is 32.7 Å². The molecule has 0 N–H and O–H groups in total. The maximum atomic E-state index is 12.8. The van der Waals surface area contributed by atoms with Crippen LogP contribution in [0.4, 0.5) is 0 Å². The highest BCUT2D eigenvalue weighted by Crippen LogP contribution is 2.37. The quantitative estimate of drug-likeness (QED) is 0.829. The highest BCUT2D eigenvalue weighted by Gasteiger charge is 2.40. The molecule has 5 heteroatoms. The van der Waals surface area contributed by atoms with Gasteiger partial charge in [-0.2, -0.15) is 0 Å². The van der Waals surface area contributed by atoms with Gasteiger partial charge in [-0.3, -0.25) is 9.78 Å². The zero-order valence-corrected chi connectivity index (χ0v) is 16.4. The molecule has 2 fully saturated rings. The Hall–Kier alpha value is -2.14. The number of likely N-dealkylation sites (tertiary alicyclic amines) is 2. The van der Waals surface area contributed by atoms with Gasteiger partial charge in [0.1, 0.15) is 0 Å². The molecule has 4 rings (SSSR count). The van der Waals surface area contributed by atoms with Crippen LogP contribution in [0.5, 0.6) is 0 Å². The number of rotatable bonds is 4. The second kappa shape index (κ2) is 7.47. The third-order valence-electron chi connectivity index (χ3n) is 6.24. The predicted octanol–water partition coefficient (Wildman–Crippen LogP) is 3.56. The number of carbonyl (C=O) groups is 1. The number of pyridine rings is 1. The Bertz CT molecular complexity index is 782. The Morgan fingerprint density at radius 3 is 2.44 bits per heavy atom. The summed E-state index contributed by atoms with van der Waals surface area (Å²) in [6.07, 6.45) is 8.06. The van der Waals surface area contributed by atoms with Crippen LogP contribution in [0.15, 0.2) is 35.1 Å². The highest BCUT2D eigenvalue weighted by molar-refractivity contribution is 5.92. The van der Waals surface area contributed by atoms with Gasteiger partial charge in [-0.25, -0.2) is 0 Å². The van der Waals surface area contributed by atoms with Gasteiger partial charge in [-0.05, 0) is 70.3 Å². The third-order valence-corrected chi connectivity index (χ3v) is 6.24. The zero-order chi connectivity index (χ0) is 18.9. The fourth-order valence-corrected chi connectivity index (χ4v) is 4.52. The standard InChI is InChI=1S/C22H29N3O2/c1-17-5-6-19(23-15-17)22(16-24-10-3-4-11-24)8-12-25(13-9-22)21(26)20-18(2)7-14-27-20/h5-7,14-15H,3-4,8-13,16H2,1-2H3. The van der Waals surface area contributed by atoms with Crippen LogP contribution in [0, 0.1) is 13.8 Å². The first kappa shape index (κ1) is 18.2. The minimum atomic E-state index is 0.0177. The van der Waals surface area contributed by atoms with Crippen LogP contribution < -0.4 is 0 Å². The molecule has 4 heterocycles. The summed E-state index contributed by atoms with van der Waals surface area (Å²) in [4.78, 5) is 22.2. The van der Waals surface area contributed by atoms with E-state index in [0.29, 0.717) is 5.76 Å². The Morgan fingerprint density at radius 2 is 1.85 bits per heavy atom. The van der Waals surface area contributed by atoms with Crippen molar-refractivity contribution in [3.63, 3.8) is 0 Å². The van der Waals surface area contributed by atoms with E-state index in [-0.39, 0.29) is 11.3 Å². The Balaban J connectivity index is 1.53. The normalized spacial score (nSPS) is 20.1. The van der Waals surface area contributed by atoms with Gasteiger partial charge in [-0.1, -0.05) is 6.07 Å². The number of hydrogen-bond donors (Lipinski definition) is 0. The van der Waals surface area contributed by atoms with Crippen LogP contribution >= 0.6 is 0 Å². The van der Waals surface area contributed by atoms with E-state index in [2.05, 4.69) is 24.0 Å². The maximum Gasteiger partial charge on any atom is 0.289 e. The van der Waals surface area contributed by atoms with Crippen molar-refractivity contribution in [2.24, 2.45) is 0 Å². The van der Waals surface area contributed by atoms with Crippen LogP contribution in [0.2, 0.25) is 0 Å². The lowest BCUT2D eigenvalue weighted by Crippen LogP contribution is -2.50. The van der Waals surface area contributed by atoms with Crippen LogP contribution in [0.3, 0.4) is 0 Å². The van der Waals surface area contributed by atoms with Crippen molar-refractivity contribution in [1.82, 2.24) is 14.8 Å². The molecule has 0 spiro atoms. The van der Waals surface area contributed by atoms with Crippen molar-refractivity contribution in [3.8, 4) is 0 Å². The molecule has 27 heavy (non-hydrogen) atoms. The predicted molar refractivity (Wildman–Crippen MR) is 105 cm³/mol. The summed E-state index contributed by atoms with van der Waals surface area (Å²) in [5.74, 6) is 0.500. The number of aryl methyl sites for hydroxylation is 2. The van der Waals surface area contributed by atoms with Crippen molar-refractivity contribution in [2.45, 2.75) is 44.9 Å². The van der Waals surface area contributed by atoms with Crippen molar-refractivity contribution >= 4 is 5.91 Å². The number of nitrogens with zero attached hydrogens (tertiary/aromatic N) is 3.